The highest BCUT2D eigenvalue weighted by Crippen LogP contribution is 2.23. The fourth-order valence-electron chi connectivity index (χ4n) is 2.49. The monoisotopic (exact) mass is 208 g/mol. The first-order chi connectivity index (χ1) is 7.18. The van der Waals surface area contributed by atoms with Gasteiger partial charge < -0.3 is 0 Å². The molecule has 0 saturated heterocycles. The maximum atomic E-state index is 2.47. The number of hydrogen-bond donors (Lipinski definition) is 0. The number of allylic oxidation sites excluding steroid dienone is 2. The van der Waals surface area contributed by atoms with Crippen LogP contribution >= 0.6 is 0 Å². The van der Waals surface area contributed by atoms with E-state index in [1.165, 1.54) is 51.4 Å². The summed E-state index contributed by atoms with van der Waals surface area (Å²) in [6.07, 6.45) is 13.7. The van der Waals surface area contributed by atoms with Gasteiger partial charge in [0.1, 0.15) is 0 Å². The van der Waals surface area contributed by atoms with E-state index in [1.54, 1.807) is 5.57 Å². The first-order valence-electron chi connectivity index (χ1n) is 6.84. The summed E-state index contributed by atoms with van der Waals surface area (Å²) in [7, 11) is 0. The van der Waals surface area contributed by atoms with Crippen LogP contribution in [0.3, 0.4) is 0 Å². The van der Waals surface area contributed by atoms with E-state index in [0.29, 0.717) is 0 Å². The molecule has 0 aromatic carbocycles. The molecular formula is C15H28. The molecule has 1 rings (SSSR count). The van der Waals surface area contributed by atoms with Gasteiger partial charge in [0.05, 0.1) is 0 Å². The van der Waals surface area contributed by atoms with Crippen LogP contribution < -0.4 is 0 Å². The van der Waals surface area contributed by atoms with Gasteiger partial charge in [0.2, 0.25) is 0 Å². The van der Waals surface area contributed by atoms with E-state index in [1.807, 2.05) is 0 Å². The minimum absolute atomic E-state index is 0.931. The molecule has 15 heavy (non-hydrogen) atoms. The zero-order chi connectivity index (χ0) is 11.1. The average molecular weight is 208 g/mol. The van der Waals surface area contributed by atoms with Crippen LogP contribution in [0, 0.1) is 11.8 Å². The Labute approximate surface area is 96.2 Å². The topological polar surface area (TPSA) is 0 Å². The highest BCUT2D eigenvalue weighted by Gasteiger charge is 2.07. The third kappa shape index (κ3) is 6.02. The molecule has 0 aliphatic heterocycles. The zero-order valence-corrected chi connectivity index (χ0v) is 10.9. The molecule has 1 aliphatic rings. The molecule has 0 aromatic heterocycles. The summed E-state index contributed by atoms with van der Waals surface area (Å²) in [6.45, 7) is 7.15. The van der Waals surface area contributed by atoms with Crippen molar-refractivity contribution in [1.29, 1.82) is 0 Å². The van der Waals surface area contributed by atoms with Gasteiger partial charge in [-0.25, -0.2) is 0 Å². The summed E-state index contributed by atoms with van der Waals surface area (Å²) < 4.78 is 0. The van der Waals surface area contributed by atoms with Crippen molar-refractivity contribution in [1.82, 2.24) is 0 Å². The quantitative estimate of drug-likeness (QED) is 0.471. The molecule has 0 bridgehead atoms. The molecule has 0 N–H and O–H groups in total. The molecule has 0 aromatic rings. The van der Waals surface area contributed by atoms with E-state index in [-0.39, 0.29) is 0 Å². The summed E-state index contributed by atoms with van der Waals surface area (Å²) in [5, 5.41) is 0. The minimum Gasteiger partial charge on any atom is -0.0856 e. The molecule has 0 heterocycles. The number of hydrogen-bond acceptors (Lipinski definition) is 0. The predicted molar refractivity (Wildman–Crippen MR) is 69.0 cm³/mol. The molecule has 1 aliphatic carbocycles. The van der Waals surface area contributed by atoms with E-state index in [2.05, 4.69) is 26.8 Å². The second-order valence-electron chi connectivity index (χ2n) is 5.66. The second-order valence-corrected chi connectivity index (χ2v) is 5.66. The van der Waals surface area contributed by atoms with E-state index in [4.69, 9.17) is 0 Å². The average Bonchev–Trinajstić information content (AvgIpc) is 2.20. The van der Waals surface area contributed by atoms with Gasteiger partial charge in [0.25, 0.3) is 0 Å². The van der Waals surface area contributed by atoms with Crippen molar-refractivity contribution in [2.24, 2.45) is 11.8 Å². The van der Waals surface area contributed by atoms with Crippen LogP contribution in [0.2, 0.25) is 0 Å². The normalized spacial score (nSPS) is 31.3. The first kappa shape index (κ1) is 12.8. The van der Waals surface area contributed by atoms with Gasteiger partial charge in [-0.1, -0.05) is 51.2 Å². The summed E-state index contributed by atoms with van der Waals surface area (Å²) in [6, 6.07) is 0. The van der Waals surface area contributed by atoms with Gasteiger partial charge in [-0.3, -0.25) is 0 Å². The standard InChI is InChI=1S/C15H28/c1-13-7-4-5-8-14(2)11-12-15(3)10-6-9-13/h8,13,15H,4-7,9-12H2,1-3H3. The predicted octanol–water partition coefficient (Wildman–Crippen LogP) is 5.34. The molecule has 0 saturated carbocycles. The minimum atomic E-state index is 0.931. The Morgan fingerprint density at radius 3 is 2.27 bits per heavy atom. The lowest BCUT2D eigenvalue weighted by molar-refractivity contribution is 0.403. The van der Waals surface area contributed by atoms with E-state index in [9.17, 15) is 0 Å². The van der Waals surface area contributed by atoms with Gasteiger partial charge in [-0.2, -0.15) is 0 Å². The number of rotatable bonds is 0. The van der Waals surface area contributed by atoms with Crippen LogP contribution in [-0.2, 0) is 0 Å². The second kappa shape index (κ2) is 7.09. The van der Waals surface area contributed by atoms with E-state index < -0.39 is 0 Å². The zero-order valence-electron chi connectivity index (χ0n) is 10.9. The third-order valence-electron chi connectivity index (χ3n) is 3.82. The Morgan fingerprint density at radius 2 is 1.53 bits per heavy atom. The largest absolute Gasteiger partial charge is 0.0856 e. The van der Waals surface area contributed by atoms with Crippen molar-refractivity contribution in [2.45, 2.75) is 72.1 Å². The van der Waals surface area contributed by atoms with Gasteiger partial charge in [-0.15, -0.1) is 0 Å². The first-order valence-corrected chi connectivity index (χ1v) is 6.84. The molecule has 2 atom stereocenters. The Kier molecular flexibility index (Phi) is 6.05. The van der Waals surface area contributed by atoms with Crippen LogP contribution in [0.1, 0.15) is 72.1 Å². The highest BCUT2D eigenvalue weighted by molar-refractivity contribution is 4.97. The maximum Gasteiger partial charge on any atom is -0.0321 e. The summed E-state index contributed by atoms with van der Waals surface area (Å²) >= 11 is 0. The highest BCUT2D eigenvalue weighted by atomic mass is 14.1. The van der Waals surface area contributed by atoms with Crippen LogP contribution in [0.15, 0.2) is 11.6 Å². The van der Waals surface area contributed by atoms with Gasteiger partial charge in [-0.05, 0) is 44.4 Å². The molecule has 88 valence electrons. The van der Waals surface area contributed by atoms with Crippen molar-refractivity contribution in [3.05, 3.63) is 11.6 Å². The Morgan fingerprint density at radius 1 is 0.933 bits per heavy atom. The molecule has 2 unspecified atom stereocenters. The fourth-order valence-corrected chi connectivity index (χ4v) is 2.49. The summed E-state index contributed by atoms with van der Waals surface area (Å²) in [5.74, 6) is 1.88. The SMILES string of the molecule is CC1=CCCCC(C)CCCC(C)CC1. The Balaban J connectivity index is 2.41. The molecule has 0 amide bonds. The van der Waals surface area contributed by atoms with Crippen molar-refractivity contribution >= 4 is 0 Å². The van der Waals surface area contributed by atoms with Crippen LogP contribution in [0.25, 0.3) is 0 Å². The molecule has 0 nitrogen and oxygen atoms in total. The van der Waals surface area contributed by atoms with E-state index in [0.717, 1.165) is 11.8 Å². The van der Waals surface area contributed by atoms with Crippen LogP contribution in [0.4, 0.5) is 0 Å². The Hall–Kier alpha value is -0.260. The Bertz CT molecular complexity index is 190. The fraction of sp³-hybridized carbons (Fsp3) is 0.867. The van der Waals surface area contributed by atoms with Crippen LogP contribution in [0.5, 0.6) is 0 Å². The lowest BCUT2D eigenvalue weighted by Gasteiger charge is -2.15. The third-order valence-corrected chi connectivity index (χ3v) is 3.82. The van der Waals surface area contributed by atoms with Gasteiger partial charge >= 0.3 is 0 Å². The lowest BCUT2D eigenvalue weighted by Crippen LogP contribution is -2.00. The van der Waals surface area contributed by atoms with Crippen LogP contribution in [-0.4, -0.2) is 0 Å². The molecule has 0 spiro atoms. The van der Waals surface area contributed by atoms with Crippen molar-refractivity contribution in [3.8, 4) is 0 Å². The lowest BCUT2D eigenvalue weighted by atomic mass is 9.91. The molecular weight excluding hydrogens is 180 g/mol. The van der Waals surface area contributed by atoms with E-state index >= 15 is 0 Å². The summed E-state index contributed by atoms with van der Waals surface area (Å²) in [5.41, 5.74) is 1.62. The van der Waals surface area contributed by atoms with Crippen molar-refractivity contribution in [2.75, 3.05) is 0 Å². The van der Waals surface area contributed by atoms with Crippen molar-refractivity contribution < 1.29 is 0 Å². The molecule has 0 fully saturated rings. The van der Waals surface area contributed by atoms with Crippen molar-refractivity contribution in [3.63, 3.8) is 0 Å². The molecule has 0 heteroatoms. The summed E-state index contributed by atoms with van der Waals surface area (Å²) in [4.78, 5) is 0. The van der Waals surface area contributed by atoms with Gasteiger partial charge in [0, 0.05) is 0 Å². The van der Waals surface area contributed by atoms with Gasteiger partial charge in [0.15, 0.2) is 0 Å². The smallest absolute Gasteiger partial charge is 0.0321 e. The maximum absolute atomic E-state index is 2.47. The molecule has 0 radical (unpaired) electrons.